The van der Waals surface area contributed by atoms with Crippen molar-refractivity contribution in [1.82, 2.24) is 24.9 Å². The van der Waals surface area contributed by atoms with Crippen LogP contribution >= 0.6 is 11.8 Å². The van der Waals surface area contributed by atoms with Crippen molar-refractivity contribution in [2.24, 2.45) is 0 Å². The molecule has 0 spiro atoms. The minimum atomic E-state index is -0.275. The van der Waals surface area contributed by atoms with Crippen LogP contribution in [0.25, 0.3) is 5.78 Å². The number of hydrogen-bond donors (Lipinski definition) is 1. The van der Waals surface area contributed by atoms with Crippen molar-refractivity contribution in [3.05, 3.63) is 53.3 Å². The van der Waals surface area contributed by atoms with Gasteiger partial charge >= 0.3 is 0 Å². The van der Waals surface area contributed by atoms with E-state index in [4.69, 9.17) is 0 Å². The van der Waals surface area contributed by atoms with Crippen molar-refractivity contribution in [2.45, 2.75) is 57.0 Å². The molecule has 3 aromatic rings. The first-order valence-corrected chi connectivity index (χ1v) is 10.0. The van der Waals surface area contributed by atoms with Gasteiger partial charge < -0.3 is 5.32 Å². The molecule has 3 rings (SSSR count). The summed E-state index contributed by atoms with van der Waals surface area (Å²) < 4.78 is 1.71. The lowest BCUT2D eigenvalue weighted by molar-refractivity contribution is -0.120. The first-order chi connectivity index (χ1) is 12.9. The van der Waals surface area contributed by atoms with Crippen LogP contribution < -0.4 is 5.32 Å². The van der Waals surface area contributed by atoms with Crippen LogP contribution in [0.3, 0.4) is 0 Å². The molecule has 0 radical (unpaired) electrons. The summed E-state index contributed by atoms with van der Waals surface area (Å²) in [6, 6.07) is 12.4. The van der Waals surface area contributed by atoms with Crippen LogP contribution in [0.5, 0.6) is 0 Å². The maximum absolute atomic E-state index is 12.5. The monoisotopic (exact) mass is 383 g/mol. The third kappa shape index (κ3) is 5.07. The molecule has 0 saturated heterocycles. The Labute approximate surface area is 163 Å². The van der Waals surface area contributed by atoms with Crippen LogP contribution in [0.15, 0.2) is 41.6 Å². The highest BCUT2D eigenvalue weighted by Gasteiger charge is 2.19. The molecule has 2 aromatic heterocycles. The lowest BCUT2D eigenvalue weighted by atomic mass is 10.1. The summed E-state index contributed by atoms with van der Waals surface area (Å²) in [7, 11) is 0. The lowest BCUT2D eigenvalue weighted by Crippen LogP contribution is -2.37. The molecular formula is C20H25N5OS. The van der Waals surface area contributed by atoms with Crippen LogP contribution in [0.2, 0.25) is 0 Å². The topological polar surface area (TPSA) is 72.2 Å². The molecule has 0 fully saturated rings. The van der Waals surface area contributed by atoms with E-state index in [1.165, 1.54) is 17.3 Å². The molecule has 0 aliphatic carbocycles. The Morgan fingerprint density at radius 2 is 1.93 bits per heavy atom. The van der Waals surface area contributed by atoms with Crippen LogP contribution in [0.1, 0.15) is 37.2 Å². The Kier molecular flexibility index (Phi) is 6.11. The van der Waals surface area contributed by atoms with Crippen LogP contribution in [0, 0.1) is 13.8 Å². The maximum Gasteiger partial charge on any atom is 0.253 e. The van der Waals surface area contributed by atoms with Gasteiger partial charge in [0.05, 0.1) is 5.25 Å². The quantitative estimate of drug-likeness (QED) is 0.634. The van der Waals surface area contributed by atoms with E-state index in [1.807, 2.05) is 52.0 Å². The van der Waals surface area contributed by atoms with Crippen molar-refractivity contribution in [1.29, 1.82) is 0 Å². The second kappa shape index (κ2) is 8.52. The molecule has 0 saturated carbocycles. The number of carbonyl (C=O) groups excluding carboxylic acids is 1. The van der Waals surface area contributed by atoms with Crippen molar-refractivity contribution >= 4 is 23.4 Å². The molecule has 1 N–H and O–H groups in total. The number of hydrogen-bond acceptors (Lipinski definition) is 5. The zero-order valence-electron chi connectivity index (χ0n) is 16.1. The maximum atomic E-state index is 12.5. The van der Waals surface area contributed by atoms with E-state index in [0.717, 1.165) is 24.2 Å². The van der Waals surface area contributed by atoms with Gasteiger partial charge in [-0.2, -0.15) is 4.98 Å². The summed E-state index contributed by atoms with van der Waals surface area (Å²) in [6.45, 7) is 7.81. The molecule has 2 atom stereocenters. The van der Waals surface area contributed by atoms with Gasteiger partial charge in [-0.3, -0.25) is 4.79 Å². The van der Waals surface area contributed by atoms with Crippen molar-refractivity contribution in [3.8, 4) is 0 Å². The number of nitrogens with zero attached hydrogens (tertiary/aromatic N) is 4. The summed E-state index contributed by atoms with van der Waals surface area (Å²) >= 11 is 1.35. The molecule has 1 aromatic carbocycles. The van der Waals surface area contributed by atoms with E-state index in [1.54, 1.807) is 4.52 Å². The lowest BCUT2D eigenvalue weighted by Gasteiger charge is -2.16. The largest absolute Gasteiger partial charge is 0.353 e. The van der Waals surface area contributed by atoms with Gasteiger partial charge in [0.25, 0.3) is 5.78 Å². The fourth-order valence-corrected chi connectivity index (χ4v) is 3.62. The average molecular weight is 384 g/mol. The predicted octanol–water partition coefficient (Wildman–Crippen LogP) is 3.36. The summed E-state index contributed by atoms with van der Waals surface area (Å²) in [4.78, 5) is 21.3. The third-order valence-electron chi connectivity index (χ3n) is 4.35. The van der Waals surface area contributed by atoms with Crippen LogP contribution in [-0.4, -0.2) is 36.8 Å². The highest BCUT2D eigenvalue weighted by molar-refractivity contribution is 8.00. The average Bonchev–Trinajstić information content (AvgIpc) is 3.03. The van der Waals surface area contributed by atoms with Crippen LogP contribution in [-0.2, 0) is 11.2 Å². The Hall–Kier alpha value is -2.41. The van der Waals surface area contributed by atoms with Gasteiger partial charge in [0.15, 0.2) is 0 Å². The van der Waals surface area contributed by atoms with Crippen LogP contribution in [0.4, 0.5) is 0 Å². The summed E-state index contributed by atoms with van der Waals surface area (Å²) in [5.41, 5.74) is 3.17. The number of amides is 1. The molecule has 0 bridgehead atoms. The zero-order valence-corrected chi connectivity index (χ0v) is 17.0. The molecule has 0 unspecified atom stereocenters. The molecule has 0 aliphatic rings. The molecule has 142 valence electrons. The first kappa shape index (κ1) is 19.4. The van der Waals surface area contributed by atoms with Gasteiger partial charge in [-0.25, -0.2) is 9.50 Å². The molecule has 2 heterocycles. The molecule has 7 heteroatoms. The second-order valence-electron chi connectivity index (χ2n) is 6.84. The van der Waals surface area contributed by atoms with E-state index in [-0.39, 0.29) is 17.2 Å². The normalized spacial score (nSPS) is 13.5. The van der Waals surface area contributed by atoms with E-state index in [0.29, 0.717) is 10.9 Å². The van der Waals surface area contributed by atoms with Gasteiger partial charge in [-0.05, 0) is 52.2 Å². The van der Waals surface area contributed by atoms with E-state index >= 15 is 0 Å². The summed E-state index contributed by atoms with van der Waals surface area (Å²) in [5.74, 6) is 0.569. The fourth-order valence-electron chi connectivity index (χ4n) is 2.87. The Balaban J connectivity index is 1.55. The van der Waals surface area contributed by atoms with E-state index in [9.17, 15) is 4.79 Å². The number of carbonyl (C=O) groups is 1. The zero-order chi connectivity index (χ0) is 19.4. The second-order valence-corrected chi connectivity index (χ2v) is 8.15. The summed E-state index contributed by atoms with van der Waals surface area (Å²) in [5, 5.41) is 7.83. The van der Waals surface area contributed by atoms with Gasteiger partial charge in [0, 0.05) is 17.4 Å². The number of aryl methyl sites for hydroxylation is 3. The number of thioether (sulfide) groups is 1. The van der Waals surface area contributed by atoms with Crippen molar-refractivity contribution < 1.29 is 4.79 Å². The molecule has 1 amide bonds. The number of rotatable bonds is 7. The van der Waals surface area contributed by atoms with Gasteiger partial charge in [-0.15, -0.1) is 5.10 Å². The third-order valence-corrected chi connectivity index (χ3v) is 5.30. The Morgan fingerprint density at radius 3 is 2.67 bits per heavy atom. The number of benzene rings is 1. The number of nitrogens with one attached hydrogen (secondary N) is 1. The Morgan fingerprint density at radius 1 is 1.19 bits per heavy atom. The van der Waals surface area contributed by atoms with E-state index in [2.05, 4.69) is 32.5 Å². The first-order valence-electron chi connectivity index (χ1n) is 9.14. The van der Waals surface area contributed by atoms with Crippen molar-refractivity contribution in [3.63, 3.8) is 0 Å². The highest BCUT2D eigenvalue weighted by atomic mass is 32.2. The van der Waals surface area contributed by atoms with Gasteiger partial charge in [-0.1, -0.05) is 42.1 Å². The fraction of sp³-hybridized carbons (Fsp3) is 0.400. The SMILES string of the molecule is Cc1cc(C)n2nc(S[C@@H](C)C(=O)N[C@H](C)CCc3ccccc3)nc2n1. The number of aromatic nitrogens is 4. The van der Waals surface area contributed by atoms with Gasteiger partial charge in [0.1, 0.15) is 0 Å². The van der Waals surface area contributed by atoms with Crippen molar-refractivity contribution in [2.75, 3.05) is 0 Å². The molecule has 0 aliphatic heterocycles. The predicted molar refractivity (Wildman–Crippen MR) is 108 cm³/mol. The molecule has 27 heavy (non-hydrogen) atoms. The highest BCUT2D eigenvalue weighted by Crippen LogP contribution is 2.21. The van der Waals surface area contributed by atoms with Gasteiger partial charge in [0.2, 0.25) is 11.1 Å². The minimum absolute atomic E-state index is 0.000259. The summed E-state index contributed by atoms with van der Waals surface area (Å²) in [6.07, 6.45) is 1.85. The standard InChI is InChI=1S/C20H25N5OS/c1-13(10-11-17-8-6-5-7-9-17)21-18(26)16(4)27-20-23-19-22-14(2)12-15(3)25(19)24-20/h5-9,12-13,16H,10-11H2,1-4H3,(H,21,26)/t13-,16+/m1/s1. The smallest absolute Gasteiger partial charge is 0.253 e. The molecular weight excluding hydrogens is 358 g/mol. The van der Waals surface area contributed by atoms with E-state index < -0.39 is 0 Å². The Bertz CT molecular complexity index is 925. The minimum Gasteiger partial charge on any atom is -0.353 e. The number of fused-ring (bicyclic) bond motifs is 1. The molecule has 6 nitrogen and oxygen atoms in total.